The van der Waals surface area contributed by atoms with E-state index in [2.05, 4.69) is 58.3 Å². The molecule has 1 aliphatic rings. The molecule has 1 aromatic heterocycles. The van der Waals surface area contributed by atoms with Gasteiger partial charge in [-0.1, -0.05) is 60.7 Å². The zero-order chi connectivity index (χ0) is 19.9. The maximum absolute atomic E-state index is 6.36. The summed E-state index contributed by atoms with van der Waals surface area (Å²) in [6, 6.07) is 24.7. The number of hydrogen-bond acceptors (Lipinski definition) is 4. The predicted molar refractivity (Wildman–Crippen MR) is 116 cm³/mol. The Balaban J connectivity index is 1.26. The van der Waals surface area contributed by atoms with Crippen molar-refractivity contribution >= 4 is 11.6 Å². The Bertz CT molecular complexity index is 821. The number of nitrogens with zero attached hydrogens (tertiary/aromatic N) is 2. The molecule has 0 bridgehead atoms. The summed E-state index contributed by atoms with van der Waals surface area (Å²) in [4.78, 5) is 4.88. The molecule has 0 saturated carbocycles. The quantitative estimate of drug-likeness (QED) is 0.530. The first-order valence-corrected chi connectivity index (χ1v) is 10.6. The molecule has 152 valence electrons. The van der Waals surface area contributed by atoms with Gasteiger partial charge < -0.3 is 9.15 Å². The average Bonchev–Trinajstić information content (AvgIpc) is 3.18. The average molecular weight is 411 g/mol. The van der Waals surface area contributed by atoms with Crippen LogP contribution in [-0.2, 0) is 11.3 Å². The van der Waals surface area contributed by atoms with Gasteiger partial charge in [0.15, 0.2) is 5.22 Å². The Morgan fingerprint density at radius 1 is 0.793 bits per heavy atom. The molecule has 5 heteroatoms. The highest BCUT2D eigenvalue weighted by Gasteiger charge is 2.19. The predicted octanol–water partition coefficient (Wildman–Crippen LogP) is 4.86. The van der Waals surface area contributed by atoms with E-state index in [-0.39, 0.29) is 6.10 Å². The summed E-state index contributed by atoms with van der Waals surface area (Å²) in [6.45, 7) is 6.61. The number of ether oxygens (including phenoxy) is 1. The van der Waals surface area contributed by atoms with Crippen molar-refractivity contribution in [3.8, 4) is 0 Å². The highest BCUT2D eigenvalue weighted by Crippen LogP contribution is 2.25. The van der Waals surface area contributed by atoms with Gasteiger partial charge >= 0.3 is 0 Å². The van der Waals surface area contributed by atoms with Gasteiger partial charge in [0, 0.05) is 32.7 Å². The van der Waals surface area contributed by atoms with Gasteiger partial charge in [-0.3, -0.25) is 9.80 Å². The summed E-state index contributed by atoms with van der Waals surface area (Å²) < 4.78 is 11.8. The van der Waals surface area contributed by atoms with E-state index >= 15 is 0 Å². The van der Waals surface area contributed by atoms with Crippen molar-refractivity contribution in [3.63, 3.8) is 0 Å². The van der Waals surface area contributed by atoms with Crippen molar-refractivity contribution in [2.45, 2.75) is 12.6 Å². The topological polar surface area (TPSA) is 28.9 Å². The van der Waals surface area contributed by atoms with Crippen LogP contribution >= 0.6 is 11.6 Å². The van der Waals surface area contributed by atoms with Crippen LogP contribution in [0.5, 0.6) is 0 Å². The monoisotopic (exact) mass is 410 g/mol. The van der Waals surface area contributed by atoms with Gasteiger partial charge in [-0.15, -0.1) is 0 Å². The van der Waals surface area contributed by atoms with Crippen molar-refractivity contribution in [1.82, 2.24) is 9.80 Å². The van der Waals surface area contributed by atoms with E-state index in [0.29, 0.717) is 11.8 Å². The van der Waals surface area contributed by atoms with Crippen LogP contribution in [0.15, 0.2) is 77.2 Å². The fraction of sp³-hybridized carbons (Fsp3) is 0.333. The molecule has 29 heavy (non-hydrogen) atoms. The zero-order valence-electron chi connectivity index (χ0n) is 16.5. The smallest absolute Gasteiger partial charge is 0.193 e. The third-order valence-electron chi connectivity index (χ3n) is 5.37. The zero-order valence-corrected chi connectivity index (χ0v) is 17.3. The first kappa shape index (κ1) is 20.2. The molecule has 2 heterocycles. The van der Waals surface area contributed by atoms with Crippen LogP contribution < -0.4 is 0 Å². The first-order chi connectivity index (χ1) is 14.3. The summed E-state index contributed by atoms with van der Waals surface area (Å²) >= 11 is 5.87. The number of hydrogen-bond donors (Lipinski definition) is 0. The summed E-state index contributed by atoms with van der Waals surface area (Å²) in [7, 11) is 0. The minimum atomic E-state index is -0.0256. The number of furan rings is 1. The Labute approximate surface area is 177 Å². The third kappa shape index (κ3) is 5.71. The van der Waals surface area contributed by atoms with Gasteiger partial charge in [-0.25, -0.2) is 0 Å². The standard InChI is InChI=1S/C24H27ClN2O2/c25-23-12-11-22(29-23)19-27-15-13-26(14-16-27)17-18-28-24(20-7-3-1-4-8-20)21-9-5-2-6-10-21/h1-12,24H,13-19H2. The molecule has 1 fully saturated rings. The molecule has 0 aliphatic carbocycles. The largest absolute Gasteiger partial charge is 0.448 e. The molecule has 0 spiro atoms. The molecule has 0 radical (unpaired) electrons. The lowest BCUT2D eigenvalue weighted by atomic mass is 10.0. The van der Waals surface area contributed by atoms with Crippen LogP contribution in [0.3, 0.4) is 0 Å². The SMILES string of the molecule is Clc1ccc(CN2CCN(CCOC(c3ccccc3)c3ccccc3)CC2)o1. The summed E-state index contributed by atoms with van der Waals surface area (Å²) in [5, 5.41) is 0.460. The highest BCUT2D eigenvalue weighted by atomic mass is 35.5. The maximum Gasteiger partial charge on any atom is 0.193 e. The first-order valence-electron chi connectivity index (χ1n) is 10.2. The van der Waals surface area contributed by atoms with Gasteiger partial charge in [0.25, 0.3) is 0 Å². The molecule has 0 atom stereocenters. The van der Waals surface area contributed by atoms with Crippen LogP contribution in [0, 0.1) is 0 Å². The fourth-order valence-electron chi connectivity index (χ4n) is 3.77. The molecule has 4 nitrogen and oxygen atoms in total. The Morgan fingerprint density at radius 2 is 1.38 bits per heavy atom. The Kier molecular flexibility index (Phi) is 7.01. The minimum absolute atomic E-state index is 0.0256. The normalized spacial score (nSPS) is 15.8. The number of piperazine rings is 1. The second-order valence-electron chi connectivity index (χ2n) is 7.40. The minimum Gasteiger partial charge on any atom is -0.448 e. The lowest BCUT2D eigenvalue weighted by molar-refractivity contribution is 0.0433. The van der Waals surface area contributed by atoms with E-state index in [4.69, 9.17) is 20.8 Å². The van der Waals surface area contributed by atoms with E-state index < -0.39 is 0 Å². The maximum atomic E-state index is 6.36. The molecular weight excluding hydrogens is 384 g/mol. The van der Waals surface area contributed by atoms with Crippen LogP contribution in [-0.4, -0.2) is 49.1 Å². The van der Waals surface area contributed by atoms with E-state index in [1.54, 1.807) is 6.07 Å². The van der Waals surface area contributed by atoms with Crippen molar-refractivity contribution in [2.24, 2.45) is 0 Å². The van der Waals surface area contributed by atoms with Crippen molar-refractivity contribution in [1.29, 1.82) is 0 Å². The van der Waals surface area contributed by atoms with Crippen molar-refractivity contribution in [2.75, 3.05) is 39.3 Å². The second kappa shape index (κ2) is 10.1. The molecule has 2 aromatic carbocycles. The lowest BCUT2D eigenvalue weighted by Gasteiger charge is -2.34. The van der Waals surface area contributed by atoms with Gasteiger partial charge in [-0.05, 0) is 34.9 Å². The molecule has 1 aliphatic heterocycles. The Morgan fingerprint density at radius 3 is 1.93 bits per heavy atom. The Hall–Kier alpha value is -2.11. The third-order valence-corrected chi connectivity index (χ3v) is 5.57. The van der Waals surface area contributed by atoms with Gasteiger partial charge in [0.2, 0.25) is 0 Å². The van der Waals surface area contributed by atoms with Gasteiger partial charge in [-0.2, -0.15) is 0 Å². The molecule has 1 saturated heterocycles. The van der Waals surface area contributed by atoms with Gasteiger partial charge in [0.05, 0.1) is 13.2 Å². The molecule has 0 amide bonds. The van der Waals surface area contributed by atoms with Crippen molar-refractivity contribution in [3.05, 3.63) is 94.9 Å². The molecule has 3 aromatic rings. The van der Waals surface area contributed by atoms with Crippen LogP contribution in [0.4, 0.5) is 0 Å². The van der Waals surface area contributed by atoms with Crippen molar-refractivity contribution < 1.29 is 9.15 Å². The van der Waals surface area contributed by atoms with Crippen LogP contribution in [0.1, 0.15) is 23.0 Å². The fourth-order valence-corrected chi connectivity index (χ4v) is 3.93. The number of rotatable bonds is 8. The number of benzene rings is 2. The van der Waals surface area contributed by atoms with E-state index in [1.807, 2.05) is 18.2 Å². The summed E-state index contributed by atoms with van der Waals surface area (Å²) in [5.74, 6) is 0.931. The van der Waals surface area contributed by atoms with E-state index in [0.717, 1.165) is 45.0 Å². The van der Waals surface area contributed by atoms with E-state index in [9.17, 15) is 0 Å². The summed E-state index contributed by atoms with van der Waals surface area (Å²) in [6.07, 6.45) is -0.0256. The number of halogens is 1. The van der Waals surface area contributed by atoms with Crippen LogP contribution in [0.25, 0.3) is 0 Å². The molecule has 0 unspecified atom stereocenters. The van der Waals surface area contributed by atoms with Gasteiger partial charge in [0.1, 0.15) is 11.9 Å². The van der Waals surface area contributed by atoms with E-state index in [1.165, 1.54) is 11.1 Å². The molecular formula is C24H27ClN2O2. The molecule has 4 rings (SSSR count). The summed E-state index contributed by atoms with van der Waals surface area (Å²) in [5.41, 5.74) is 2.39. The second-order valence-corrected chi connectivity index (χ2v) is 7.77. The lowest BCUT2D eigenvalue weighted by Crippen LogP contribution is -2.46. The highest BCUT2D eigenvalue weighted by molar-refractivity contribution is 6.28. The van der Waals surface area contributed by atoms with Crippen LogP contribution in [0.2, 0.25) is 5.22 Å². The molecule has 0 N–H and O–H groups in total.